The van der Waals surface area contributed by atoms with Crippen LogP contribution in [-0.4, -0.2) is 21.5 Å². The van der Waals surface area contributed by atoms with Crippen molar-refractivity contribution in [1.29, 1.82) is 5.26 Å². The maximum atomic E-state index is 12.8. The summed E-state index contributed by atoms with van der Waals surface area (Å²) in [6.07, 6.45) is 11.8. The SMILES string of the molecule is C/C=C\N=CC(C)CC.Cc1ccc(-c2cc3sc(C(=O)C4CCC4)cc3n2Cc2ccc(C#N)nc2)c(C)c1. The number of fused-ring (bicyclic) bond motifs is 1. The van der Waals surface area contributed by atoms with Gasteiger partial charge in [0, 0.05) is 36.6 Å². The van der Waals surface area contributed by atoms with Gasteiger partial charge in [-0.2, -0.15) is 5.26 Å². The summed E-state index contributed by atoms with van der Waals surface area (Å²) < 4.78 is 3.42. The van der Waals surface area contributed by atoms with Gasteiger partial charge in [0.1, 0.15) is 11.8 Å². The van der Waals surface area contributed by atoms with Gasteiger partial charge in [0.2, 0.25) is 0 Å². The number of aliphatic imine (C=N–C) groups is 1. The van der Waals surface area contributed by atoms with Crippen LogP contribution in [0.2, 0.25) is 0 Å². The van der Waals surface area contributed by atoms with E-state index < -0.39 is 0 Å². The lowest BCUT2D eigenvalue weighted by molar-refractivity contribution is 0.0859. The maximum absolute atomic E-state index is 12.8. The molecule has 1 aliphatic rings. The molecule has 0 aliphatic heterocycles. The Morgan fingerprint density at radius 3 is 2.62 bits per heavy atom. The molecule has 0 spiro atoms. The van der Waals surface area contributed by atoms with Gasteiger partial charge < -0.3 is 4.57 Å². The Bertz CT molecular complexity index is 1560. The normalized spacial score (nSPS) is 14.2. The van der Waals surface area contributed by atoms with Gasteiger partial charge in [-0.15, -0.1) is 11.3 Å². The molecule has 40 heavy (non-hydrogen) atoms. The first-order valence-electron chi connectivity index (χ1n) is 14.1. The minimum atomic E-state index is 0.206. The molecule has 0 amide bonds. The number of nitrogens with zero attached hydrogens (tertiary/aromatic N) is 4. The van der Waals surface area contributed by atoms with Crippen molar-refractivity contribution in [3.63, 3.8) is 0 Å². The summed E-state index contributed by atoms with van der Waals surface area (Å²) in [6.45, 7) is 11.2. The Kier molecular flexibility index (Phi) is 9.84. The summed E-state index contributed by atoms with van der Waals surface area (Å²) in [4.78, 5) is 22.0. The third kappa shape index (κ3) is 6.84. The molecule has 3 aromatic heterocycles. The van der Waals surface area contributed by atoms with Gasteiger partial charge in [-0.05, 0) is 75.3 Å². The molecule has 0 saturated heterocycles. The summed E-state index contributed by atoms with van der Waals surface area (Å²) in [7, 11) is 0. The fraction of sp³-hybridized carbons (Fsp3) is 0.353. The zero-order valence-electron chi connectivity index (χ0n) is 24.1. The first-order valence-corrected chi connectivity index (χ1v) is 14.9. The van der Waals surface area contributed by atoms with Crippen molar-refractivity contribution in [2.45, 2.75) is 66.8 Å². The minimum absolute atomic E-state index is 0.206. The van der Waals surface area contributed by atoms with E-state index in [1.54, 1.807) is 23.6 Å². The fourth-order valence-corrected chi connectivity index (χ4v) is 5.80. The zero-order chi connectivity index (χ0) is 28.6. The molecule has 1 atom stereocenters. The third-order valence-electron chi connectivity index (χ3n) is 7.47. The molecule has 206 valence electrons. The van der Waals surface area contributed by atoms with Crippen molar-refractivity contribution in [3.8, 4) is 17.3 Å². The highest BCUT2D eigenvalue weighted by Crippen LogP contribution is 2.38. The van der Waals surface area contributed by atoms with Crippen molar-refractivity contribution < 1.29 is 4.79 Å². The molecule has 1 saturated carbocycles. The first-order chi connectivity index (χ1) is 19.3. The lowest BCUT2D eigenvalue weighted by atomic mass is 9.82. The third-order valence-corrected chi connectivity index (χ3v) is 8.55. The number of allylic oxidation sites excluding steroid dienone is 1. The Morgan fingerprint density at radius 2 is 2.02 bits per heavy atom. The van der Waals surface area contributed by atoms with E-state index >= 15 is 0 Å². The highest BCUT2D eigenvalue weighted by molar-refractivity contribution is 7.20. The lowest BCUT2D eigenvalue weighted by Gasteiger charge is -2.22. The van der Waals surface area contributed by atoms with E-state index in [1.165, 1.54) is 23.1 Å². The predicted octanol–water partition coefficient (Wildman–Crippen LogP) is 8.92. The van der Waals surface area contributed by atoms with Crippen molar-refractivity contribution in [2.24, 2.45) is 16.8 Å². The summed E-state index contributed by atoms with van der Waals surface area (Å²) in [5.41, 5.74) is 7.35. The number of aryl methyl sites for hydroxylation is 2. The van der Waals surface area contributed by atoms with Gasteiger partial charge >= 0.3 is 0 Å². The summed E-state index contributed by atoms with van der Waals surface area (Å²) in [5, 5.41) is 9.05. The van der Waals surface area contributed by atoms with Crippen molar-refractivity contribution in [3.05, 3.63) is 88.2 Å². The second kappa shape index (κ2) is 13.5. The average Bonchev–Trinajstić information content (AvgIpc) is 3.48. The lowest BCUT2D eigenvalue weighted by Crippen LogP contribution is -2.21. The van der Waals surface area contributed by atoms with Crippen LogP contribution in [0.5, 0.6) is 0 Å². The number of carbonyl (C=O) groups is 1. The number of thiophene rings is 1. The van der Waals surface area contributed by atoms with Crippen molar-refractivity contribution in [2.75, 3.05) is 0 Å². The molecule has 0 N–H and O–H groups in total. The van der Waals surface area contributed by atoms with Crippen LogP contribution in [0.1, 0.15) is 78.5 Å². The van der Waals surface area contributed by atoms with Gasteiger partial charge in [-0.1, -0.05) is 56.2 Å². The smallest absolute Gasteiger partial charge is 0.175 e. The maximum Gasteiger partial charge on any atom is 0.175 e. The van der Waals surface area contributed by atoms with Crippen LogP contribution in [0, 0.1) is 37.0 Å². The van der Waals surface area contributed by atoms with E-state index in [0.717, 1.165) is 45.6 Å². The number of benzene rings is 1. The standard InChI is InChI=1S/C26H23N3OS.C8H15N/c1-16-6-9-21(17(2)10-16)22-11-24-23(12-25(31-24)26(30)19-4-3-5-19)29(22)15-18-7-8-20(13-27)28-14-18;1-4-6-9-7-8(3)5-2/h6-12,14,19H,3-5,15H2,1-2H3;4,6-8H,5H2,1-3H3/b;6-4-,9-7?. The molecule has 1 aliphatic carbocycles. The van der Waals surface area contributed by atoms with Crippen LogP contribution < -0.4 is 0 Å². The number of carbonyl (C=O) groups excluding carboxylic acids is 1. The molecule has 0 radical (unpaired) electrons. The number of hydrogen-bond donors (Lipinski definition) is 0. The van der Waals surface area contributed by atoms with E-state index in [0.29, 0.717) is 23.9 Å². The van der Waals surface area contributed by atoms with Crippen LogP contribution >= 0.6 is 11.3 Å². The largest absolute Gasteiger partial charge is 0.335 e. The second-order valence-electron chi connectivity index (χ2n) is 10.6. The monoisotopic (exact) mass is 550 g/mol. The molecule has 5 rings (SSSR count). The molecule has 6 heteroatoms. The first kappa shape index (κ1) is 29.2. The Morgan fingerprint density at radius 1 is 1.23 bits per heavy atom. The van der Waals surface area contributed by atoms with Crippen LogP contribution in [0.4, 0.5) is 0 Å². The molecular weight excluding hydrogens is 512 g/mol. The van der Waals surface area contributed by atoms with Crippen LogP contribution in [0.15, 0.2) is 65.9 Å². The number of rotatable bonds is 8. The minimum Gasteiger partial charge on any atom is -0.335 e. The number of hydrogen-bond acceptors (Lipinski definition) is 5. The number of aromatic nitrogens is 2. The molecular formula is C34H38N4OS. The van der Waals surface area contributed by atoms with Crippen molar-refractivity contribution in [1.82, 2.24) is 9.55 Å². The fourth-order valence-electron chi connectivity index (χ4n) is 4.68. The Labute approximate surface area is 241 Å². The molecule has 5 nitrogen and oxygen atoms in total. The van der Waals surface area contributed by atoms with E-state index in [4.69, 9.17) is 5.26 Å². The number of pyridine rings is 1. The van der Waals surface area contributed by atoms with E-state index in [2.05, 4.69) is 78.6 Å². The topological polar surface area (TPSA) is 71.0 Å². The second-order valence-corrected chi connectivity index (χ2v) is 11.7. The Hall–Kier alpha value is -3.82. The highest BCUT2D eigenvalue weighted by atomic mass is 32.1. The van der Waals surface area contributed by atoms with Crippen LogP contribution in [0.3, 0.4) is 0 Å². The number of nitriles is 1. The van der Waals surface area contributed by atoms with Crippen LogP contribution in [-0.2, 0) is 6.54 Å². The van der Waals surface area contributed by atoms with Gasteiger partial charge in [0.25, 0.3) is 0 Å². The Balaban J connectivity index is 0.000000357. The zero-order valence-corrected chi connectivity index (χ0v) is 25.0. The van der Waals surface area contributed by atoms with E-state index in [9.17, 15) is 4.79 Å². The molecule has 1 fully saturated rings. The van der Waals surface area contributed by atoms with Crippen LogP contribution in [0.25, 0.3) is 21.5 Å². The molecule has 3 heterocycles. The van der Waals surface area contributed by atoms with Gasteiger partial charge in [-0.25, -0.2) is 4.98 Å². The molecule has 0 bridgehead atoms. The number of Topliss-reactive ketones (excluding diaryl/α,β-unsaturated/α-hetero) is 1. The number of ketones is 1. The van der Waals surface area contributed by atoms with Crippen molar-refractivity contribution >= 4 is 33.6 Å². The molecule has 1 unspecified atom stereocenters. The van der Waals surface area contributed by atoms with E-state index in [1.807, 2.05) is 31.5 Å². The van der Waals surface area contributed by atoms with Gasteiger partial charge in [0.15, 0.2) is 5.78 Å². The predicted molar refractivity (Wildman–Crippen MR) is 167 cm³/mol. The quantitative estimate of drug-likeness (QED) is 0.162. The highest BCUT2D eigenvalue weighted by Gasteiger charge is 2.28. The molecule has 1 aromatic carbocycles. The average molecular weight is 551 g/mol. The summed E-state index contributed by atoms with van der Waals surface area (Å²) in [5.74, 6) is 1.12. The summed E-state index contributed by atoms with van der Waals surface area (Å²) in [6, 6.07) is 16.6. The van der Waals surface area contributed by atoms with Gasteiger partial charge in [0.05, 0.1) is 20.8 Å². The van der Waals surface area contributed by atoms with E-state index in [-0.39, 0.29) is 5.92 Å². The summed E-state index contributed by atoms with van der Waals surface area (Å²) >= 11 is 1.61. The molecule has 4 aromatic rings. The van der Waals surface area contributed by atoms with Gasteiger partial charge in [-0.3, -0.25) is 9.79 Å².